The molecule has 5 aliphatic rings. The van der Waals surface area contributed by atoms with Crippen LogP contribution in [0.2, 0.25) is 5.02 Å². The first-order valence-corrected chi connectivity index (χ1v) is 33.1. The minimum Gasteiger partial charge on any atom is -0.455 e. The van der Waals surface area contributed by atoms with Gasteiger partial charge in [-0.05, 0) is 160 Å². The summed E-state index contributed by atoms with van der Waals surface area (Å²) in [7, 11) is -4.61. The number of nitro benzene ring substituents is 1. The minimum atomic E-state index is -4.61. The molecule has 4 aliphatic heterocycles. The van der Waals surface area contributed by atoms with E-state index in [1.807, 2.05) is 30.3 Å². The fourth-order valence-electron chi connectivity index (χ4n) is 13.0. The molecule has 21 heteroatoms. The molecule has 0 radical (unpaired) electrons. The lowest BCUT2D eigenvalue weighted by atomic mass is 9.72. The summed E-state index contributed by atoms with van der Waals surface area (Å²) in [6.45, 7) is 12.2. The van der Waals surface area contributed by atoms with E-state index in [0.29, 0.717) is 49.6 Å². The average Bonchev–Trinajstić information content (AvgIpc) is 1.97. The summed E-state index contributed by atoms with van der Waals surface area (Å²) in [4.78, 5) is 79.2. The van der Waals surface area contributed by atoms with E-state index in [1.54, 1.807) is 41.4 Å². The Hall–Kier alpha value is -8.09. The summed E-state index contributed by atoms with van der Waals surface area (Å²) in [6, 6.07) is 25.4. The topological polar surface area (TPSA) is 233 Å². The molecule has 3 fully saturated rings. The highest BCUT2D eigenvalue weighted by atomic mass is 35.5. The zero-order valence-corrected chi connectivity index (χ0v) is 52.2. The van der Waals surface area contributed by atoms with E-state index in [0.717, 1.165) is 150 Å². The summed E-state index contributed by atoms with van der Waals surface area (Å²) in [6.07, 6.45) is 16.2. The number of fused-ring (bicyclic) bond motifs is 2. The van der Waals surface area contributed by atoms with Crippen molar-refractivity contribution < 1.29 is 37.3 Å². The number of nitrogens with zero attached hydrogens (tertiary/aromatic N) is 6. The molecule has 1 aliphatic carbocycles. The molecule has 6 aromatic rings. The second-order valence-electron chi connectivity index (χ2n) is 25.0. The predicted molar refractivity (Wildman–Crippen MR) is 344 cm³/mol. The van der Waals surface area contributed by atoms with Crippen LogP contribution in [0.5, 0.6) is 11.5 Å². The molecule has 6 heterocycles. The number of likely N-dealkylation sites (tertiary alicyclic amines) is 1. The number of ether oxygens (including phenoxy) is 1. The maximum absolute atomic E-state index is 14.2. The second kappa shape index (κ2) is 27.7. The van der Waals surface area contributed by atoms with Gasteiger partial charge < -0.3 is 29.7 Å². The number of hydrogen-bond acceptors (Lipinski definition) is 14. The first-order valence-electron chi connectivity index (χ1n) is 31.2. The molecule has 4 N–H and O–H groups in total. The summed E-state index contributed by atoms with van der Waals surface area (Å²) >= 11 is 6.28. The van der Waals surface area contributed by atoms with Crippen LogP contribution < -0.4 is 25.0 Å². The zero-order chi connectivity index (χ0) is 62.2. The van der Waals surface area contributed by atoms with Crippen molar-refractivity contribution in [3.05, 3.63) is 152 Å². The van der Waals surface area contributed by atoms with Crippen molar-refractivity contribution in [3.63, 3.8) is 0 Å². The van der Waals surface area contributed by atoms with Crippen molar-refractivity contribution in [2.75, 3.05) is 69.1 Å². The van der Waals surface area contributed by atoms with Gasteiger partial charge in [0.2, 0.25) is 11.8 Å². The number of piperidine rings is 2. The molecule has 2 aromatic heterocycles. The normalized spacial score (nSPS) is 18.4. The fraction of sp³-hybridized carbons (Fsp3) is 0.426. The SMILES string of the molecule is CC1(C)CCC(CN2CCN(c3ccc(C(=O)NS(=O)(=O)c4ccc(NCC5CCN(CCCCCCCCC#Cc6cccc7c6CN(C6CCC(=O)NC6=O)C7=O)CC5)c([N+](=O)[O-])c4)c(Oc4cnc5[nH]ccc5c4)c3)CC2)=C(c2ccc(Cl)cc2)C1. The fourth-order valence-corrected chi connectivity index (χ4v) is 14.1. The Labute approximate surface area is 525 Å². The smallest absolute Gasteiger partial charge is 0.293 e. The van der Waals surface area contributed by atoms with Gasteiger partial charge in [0.1, 0.15) is 28.9 Å². The van der Waals surface area contributed by atoms with Crippen molar-refractivity contribution in [1.82, 2.24) is 34.7 Å². The number of imide groups is 1. The molecule has 4 aromatic carbocycles. The van der Waals surface area contributed by atoms with Crippen molar-refractivity contribution >= 4 is 78.9 Å². The number of aromatic nitrogens is 2. The number of allylic oxidation sites excluding steroid dienone is 1. The van der Waals surface area contributed by atoms with Gasteiger partial charge in [0.25, 0.3) is 27.5 Å². The number of nitro groups is 1. The Kier molecular flexibility index (Phi) is 19.5. The molecule has 19 nitrogen and oxygen atoms in total. The van der Waals surface area contributed by atoms with Crippen LogP contribution in [0.25, 0.3) is 16.6 Å². The maximum Gasteiger partial charge on any atom is 0.293 e. The molecule has 0 bridgehead atoms. The number of aromatic amines is 1. The van der Waals surface area contributed by atoms with Crippen molar-refractivity contribution in [1.29, 1.82) is 0 Å². The number of anilines is 2. The molecule has 466 valence electrons. The second-order valence-corrected chi connectivity index (χ2v) is 27.1. The monoisotopic (exact) mass is 1240 g/mol. The van der Waals surface area contributed by atoms with Gasteiger partial charge in [-0.2, -0.15) is 0 Å². The summed E-state index contributed by atoms with van der Waals surface area (Å²) in [5, 5.41) is 19.6. The third kappa shape index (κ3) is 15.3. The molecule has 1 unspecified atom stereocenters. The molecule has 4 amide bonds. The molecular formula is C68H77ClN10O9S. The largest absolute Gasteiger partial charge is 0.455 e. The van der Waals surface area contributed by atoms with Crippen LogP contribution in [0.3, 0.4) is 0 Å². The Balaban J connectivity index is 0.635. The van der Waals surface area contributed by atoms with Crippen LogP contribution >= 0.6 is 11.6 Å². The van der Waals surface area contributed by atoms with Crippen LogP contribution in [0, 0.1) is 33.3 Å². The quantitative estimate of drug-likeness (QED) is 0.0163. The number of pyridine rings is 1. The third-order valence-electron chi connectivity index (χ3n) is 18.2. The van der Waals surface area contributed by atoms with Gasteiger partial charge in [0.05, 0.1) is 21.6 Å². The molecule has 3 saturated heterocycles. The van der Waals surface area contributed by atoms with E-state index in [2.05, 4.69) is 77.8 Å². The first-order chi connectivity index (χ1) is 42.9. The number of amides is 4. The minimum absolute atomic E-state index is 0.0456. The number of benzene rings is 4. The first kappa shape index (κ1) is 62.5. The van der Waals surface area contributed by atoms with Crippen LogP contribution in [0.1, 0.15) is 141 Å². The van der Waals surface area contributed by atoms with E-state index in [9.17, 15) is 37.7 Å². The Morgan fingerprint density at radius 1 is 0.876 bits per heavy atom. The summed E-state index contributed by atoms with van der Waals surface area (Å²) in [5.41, 5.74) is 7.70. The number of halogens is 1. The van der Waals surface area contributed by atoms with Gasteiger partial charge in [-0.1, -0.05) is 86.7 Å². The standard InChI is InChI=1S/C68H77ClN10O9S/c1-68(2)29-25-50(57(41-68)48-15-17-51(69)18-16-48)44-76-34-36-77(37-35-76)52-19-21-56(62(39-52)88-53-38-49-26-30-70-64(49)72-43-53)65(81)74-89(86,87)54-20-22-59(61(40-54)79(84)85)71-42-46-27-32-75(33-28-46)31-10-8-6-4-3-5-7-9-12-47-13-11-14-55-58(47)45-78(67(55)83)60-23-24-63(80)73-66(60)82/h11,13-22,26,30,38-40,43,46,60,71H,3-8,10,23-25,27-29,31-37,41-42,44-45H2,1-2H3,(H,70,72)(H,74,81)(H,73,80,82). The number of piperazine rings is 1. The highest BCUT2D eigenvalue weighted by Gasteiger charge is 2.40. The number of H-pyrrole nitrogens is 1. The number of carbonyl (C=O) groups excluding carboxylic acids is 4. The van der Waals surface area contributed by atoms with Crippen LogP contribution in [-0.2, 0) is 26.2 Å². The number of sulfonamides is 1. The summed E-state index contributed by atoms with van der Waals surface area (Å²) in [5.74, 6) is 5.40. The van der Waals surface area contributed by atoms with Gasteiger partial charge in [0.15, 0.2) is 0 Å². The zero-order valence-electron chi connectivity index (χ0n) is 50.6. The van der Waals surface area contributed by atoms with Crippen molar-refractivity contribution in [2.45, 2.75) is 121 Å². The lowest BCUT2D eigenvalue weighted by Gasteiger charge is -2.39. The molecule has 0 spiro atoms. The number of rotatable bonds is 22. The third-order valence-corrected chi connectivity index (χ3v) is 19.7. The number of nitrogens with one attached hydrogen (secondary N) is 4. The van der Waals surface area contributed by atoms with E-state index in [-0.39, 0.29) is 46.6 Å². The number of unbranched alkanes of at least 4 members (excludes halogenated alkanes) is 6. The Morgan fingerprint density at radius 3 is 2.43 bits per heavy atom. The van der Waals surface area contributed by atoms with E-state index in [4.69, 9.17) is 16.3 Å². The van der Waals surface area contributed by atoms with E-state index < -0.39 is 43.4 Å². The molecule has 1 atom stereocenters. The maximum atomic E-state index is 14.2. The van der Waals surface area contributed by atoms with E-state index >= 15 is 0 Å². The molecule has 0 saturated carbocycles. The van der Waals surface area contributed by atoms with Crippen molar-refractivity contribution in [2.24, 2.45) is 11.3 Å². The van der Waals surface area contributed by atoms with E-state index in [1.165, 1.54) is 35.0 Å². The van der Waals surface area contributed by atoms with Crippen LogP contribution in [-0.4, -0.2) is 127 Å². The van der Waals surface area contributed by atoms with Gasteiger partial charge in [-0.15, -0.1) is 0 Å². The van der Waals surface area contributed by atoms with Crippen LogP contribution in [0.4, 0.5) is 17.1 Å². The van der Waals surface area contributed by atoms with Crippen LogP contribution in [0.15, 0.2) is 114 Å². The van der Waals surface area contributed by atoms with Gasteiger partial charge >= 0.3 is 0 Å². The van der Waals surface area contributed by atoms with Crippen molar-refractivity contribution in [3.8, 4) is 23.3 Å². The Morgan fingerprint density at radius 2 is 1.65 bits per heavy atom. The molecule has 89 heavy (non-hydrogen) atoms. The lowest BCUT2D eigenvalue weighted by Crippen LogP contribution is -2.52. The average molecular weight is 1250 g/mol. The van der Waals surface area contributed by atoms with Gasteiger partial charge in [0, 0.05) is 104 Å². The molecular weight excluding hydrogens is 1170 g/mol. The number of carbonyl (C=O) groups is 4. The number of hydrogen-bond donors (Lipinski definition) is 4. The lowest BCUT2D eigenvalue weighted by molar-refractivity contribution is -0.384. The Bertz CT molecular complexity index is 3860. The predicted octanol–water partition coefficient (Wildman–Crippen LogP) is 11.5. The summed E-state index contributed by atoms with van der Waals surface area (Å²) < 4.78 is 36.5. The highest BCUT2D eigenvalue weighted by Crippen LogP contribution is 2.44. The molecule has 11 rings (SSSR count). The highest BCUT2D eigenvalue weighted by molar-refractivity contribution is 7.90. The van der Waals surface area contributed by atoms with Gasteiger partial charge in [-0.3, -0.25) is 39.5 Å². The van der Waals surface area contributed by atoms with Gasteiger partial charge in [-0.25, -0.2) is 18.1 Å².